The molecule has 0 heterocycles. The van der Waals surface area contributed by atoms with E-state index in [9.17, 15) is 4.79 Å². The summed E-state index contributed by atoms with van der Waals surface area (Å²) in [7, 11) is 0. The van der Waals surface area contributed by atoms with Crippen LogP contribution in [0.25, 0.3) is 0 Å². The summed E-state index contributed by atoms with van der Waals surface area (Å²) >= 11 is 0. The number of nitriles is 1. The quantitative estimate of drug-likeness (QED) is 0.475. The van der Waals surface area contributed by atoms with Crippen molar-refractivity contribution in [3.8, 4) is 6.07 Å². The van der Waals surface area contributed by atoms with Gasteiger partial charge < -0.3 is 4.74 Å². The fourth-order valence-electron chi connectivity index (χ4n) is 1.20. The van der Waals surface area contributed by atoms with Gasteiger partial charge in [0.25, 0.3) is 0 Å². The molecule has 0 bridgehead atoms. The van der Waals surface area contributed by atoms with Gasteiger partial charge in [0.05, 0.1) is 19.2 Å². The van der Waals surface area contributed by atoms with Crippen molar-refractivity contribution in [1.82, 2.24) is 4.90 Å². The fraction of sp³-hybridized carbons (Fsp3) is 0.800. The molecule has 4 heteroatoms. The molecular formula is C10H18N2O2. The molecular weight excluding hydrogens is 180 g/mol. The van der Waals surface area contributed by atoms with Gasteiger partial charge in [0.15, 0.2) is 0 Å². The average molecular weight is 198 g/mol. The number of hydrogen-bond acceptors (Lipinski definition) is 4. The van der Waals surface area contributed by atoms with Crippen LogP contribution < -0.4 is 0 Å². The lowest BCUT2D eigenvalue weighted by Crippen LogP contribution is -2.40. The van der Waals surface area contributed by atoms with Crippen molar-refractivity contribution in [2.24, 2.45) is 0 Å². The summed E-state index contributed by atoms with van der Waals surface area (Å²) in [6, 6.07) is 1.72. The summed E-state index contributed by atoms with van der Waals surface area (Å²) in [5, 5.41) is 8.58. The minimum absolute atomic E-state index is 0.254. The van der Waals surface area contributed by atoms with Crippen LogP contribution in [0.5, 0.6) is 0 Å². The van der Waals surface area contributed by atoms with Gasteiger partial charge in [-0.15, -0.1) is 0 Å². The number of nitrogens with zero attached hydrogens (tertiary/aromatic N) is 2. The fourth-order valence-corrected chi connectivity index (χ4v) is 1.20. The maximum atomic E-state index is 11.4. The smallest absolute Gasteiger partial charge is 0.323 e. The molecule has 0 radical (unpaired) electrons. The van der Waals surface area contributed by atoms with Gasteiger partial charge in [-0.1, -0.05) is 6.92 Å². The third-order valence-electron chi connectivity index (χ3n) is 1.96. The number of ether oxygens (including phenoxy) is 1. The van der Waals surface area contributed by atoms with Crippen LogP contribution in [0, 0.1) is 11.3 Å². The molecule has 0 spiro atoms. The molecule has 0 N–H and O–H groups in total. The Kier molecular flexibility index (Phi) is 6.77. The standard InChI is InChI=1S/C10H18N2O2/c1-4-7-12(8-6-11)9(3)10(13)14-5-2/h9H,4-5,7-8H2,1-3H3. The SMILES string of the molecule is CCCN(CC#N)C(C)C(=O)OCC. The summed E-state index contributed by atoms with van der Waals surface area (Å²) in [4.78, 5) is 13.2. The van der Waals surface area contributed by atoms with E-state index in [1.54, 1.807) is 13.8 Å². The van der Waals surface area contributed by atoms with E-state index in [1.807, 2.05) is 17.9 Å². The molecule has 0 aromatic heterocycles. The van der Waals surface area contributed by atoms with Gasteiger partial charge in [-0.25, -0.2) is 0 Å². The molecule has 0 aliphatic rings. The molecule has 0 rings (SSSR count). The highest BCUT2D eigenvalue weighted by Gasteiger charge is 2.21. The molecule has 0 saturated heterocycles. The van der Waals surface area contributed by atoms with Crippen molar-refractivity contribution >= 4 is 5.97 Å². The van der Waals surface area contributed by atoms with Gasteiger partial charge in [0, 0.05) is 0 Å². The Morgan fingerprint density at radius 1 is 1.57 bits per heavy atom. The normalized spacial score (nSPS) is 12.2. The Balaban J connectivity index is 4.20. The van der Waals surface area contributed by atoms with Gasteiger partial charge in [-0.05, 0) is 26.8 Å². The third kappa shape index (κ3) is 4.24. The molecule has 1 atom stereocenters. The van der Waals surface area contributed by atoms with E-state index in [4.69, 9.17) is 10.00 Å². The average Bonchev–Trinajstić information content (AvgIpc) is 2.17. The third-order valence-corrected chi connectivity index (χ3v) is 1.96. The van der Waals surface area contributed by atoms with E-state index >= 15 is 0 Å². The Bertz CT molecular complexity index is 211. The van der Waals surface area contributed by atoms with Gasteiger partial charge in [0.2, 0.25) is 0 Å². The van der Waals surface area contributed by atoms with Crippen molar-refractivity contribution in [3.63, 3.8) is 0 Å². The summed E-state index contributed by atoms with van der Waals surface area (Å²) in [6.07, 6.45) is 0.922. The number of hydrogen-bond donors (Lipinski definition) is 0. The van der Waals surface area contributed by atoms with Gasteiger partial charge in [-0.2, -0.15) is 5.26 Å². The van der Waals surface area contributed by atoms with Crippen molar-refractivity contribution in [3.05, 3.63) is 0 Å². The van der Waals surface area contributed by atoms with Gasteiger partial charge in [-0.3, -0.25) is 9.69 Å². The first-order chi connectivity index (χ1) is 6.67. The Morgan fingerprint density at radius 3 is 2.64 bits per heavy atom. The molecule has 14 heavy (non-hydrogen) atoms. The molecule has 4 nitrogen and oxygen atoms in total. The summed E-state index contributed by atoms with van der Waals surface area (Å²) in [5.74, 6) is -0.254. The lowest BCUT2D eigenvalue weighted by molar-refractivity contribution is -0.148. The summed E-state index contributed by atoms with van der Waals surface area (Å²) < 4.78 is 4.89. The van der Waals surface area contributed by atoms with Crippen LogP contribution in [0.15, 0.2) is 0 Å². The minimum Gasteiger partial charge on any atom is -0.465 e. The minimum atomic E-state index is -0.324. The number of carbonyl (C=O) groups is 1. The zero-order valence-corrected chi connectivity index (χ0v) is 9.12. The lowest BCUT2D eigenvalue weighted by atomic mass is 10.2. The van der Waals surface area contributed by atoms with E-state index in [-0.39, 0.29) is 18.6 Å². The molecule has 0 saturated carbocycles. The first kappa shape index (κ1) is 12.9. The predicted molar refractivity (Wildman–Crippen MR) is 53.6 cm³/mol. The van der Waals surface area contributed by atoms with Crippen LogP contribution in [0.3, 0.4) is 0 Å². The van der Waals surface area contributed by atoms with Crippen LogP contribution in [-0.2, 0) is 9.53 Å². The van der Waals surface area contributed by atoms with Crippen LogP contribution in [-0.4, -0.2) is 36.6 Å². The highest BCUT2D eigenvalue weighted by molar-refractivity contribution is 5.75. The van der Waals surface area contributed by atoms with Crippen LogP contribution >= 0.6 is 0 Å². The van der Waals surface area contributed by atoms with Crippen LogP contribution in [0.1, 0.15) is 27.2 Å². The van der Waals surface area contributed by atoms with Crippen molar-refractivity contribution in [2.75, 3.05) is 19.7 Å². The second-order valence-electron chi connectivity index (χ2n) is 3.06. The maximum Gasteiger partial charge on any atom is 0.323 e. The molecule has 0 fully saturated rings. The van der Waals surface area contributed by atoms with Crippen LogP contribution in [0.4, 0.5) is 0 Å². The topological polar surface area (TPSA) is 53.3 Å². The lowest BCUT2D eigenvalue weighted by Gasteiger charge is -2.24. The monoisotopic (exact) mass is 198 g/mol. The first-order valence-corrected chi connectivity index (χ1v) is 4.94. The van der Waals surface area contributed by atoms with Crippen molar-refractivity contribution in [2.45, 2.75) is 33.2 Å². The number of esters is 1. The van der Waals surface area contributed by atoms with E-state index < -0.39 is 0 Å². The Hall–Kier alpha value is -1.08. The van der Waals surface area contributed by atoms with Crippen molar-refractivity contribution in [1.29, 1.82) is 5.26 Å². The second-order valence-corrected chi connectivity index (χ2v) is 3.06. The molecule has 0 aliphatic carbocycles. The predicted octanol–water partition coefficient (Wildman–Crippen LogP) is 1.17. The van der Waals surface area contributed by atoms with E-state index in [0.717, 1.165) is 13.0 Å². The van der Waals surface area contributed by atoms with Crippen LogP contribution in [0.2, 0.25) is 0 Å². The Labute approximate surface area is 85.5 Å². The van der Waals surface area contributed by atoms with Crippen molar-refractivity contribution < 1.29 is 9.53 Å². The zero-order chi connectivity index (χ0) is 11.0. The van der Waals surface area contributed by atoms with E-state index in [0.29, 0.717) is 6.61 Å². The molecule has 80 valence electrons. The first-order valence-electron chi connectivity index (χ1n) is 4.94. The van der Waals surface area contributed by atoms with Gasteiger partial charge >= 0.3 is 5.97 Å². The second kappa shape index (κ2) is 7.34. The zero-order valence-electron chi connectivity index (χ0n) is 9.12. The van der Waals surface area contributed by atoms with Gasteiger partial charge in [0.1, 0.15) is 6.04 Å². The molecule has 1 unspecified atom stereocenters. The molecule has 0 aromatic rings. The summed E-state index contributed by atoms with van der Waals surface area (Å²) in [5.41, 5.74) is 0. The maximum absolute atomic E-state index is 11.4. The van der Waals surface area contributed by atoms with E-state index in [2.05, 4.69) is 0 Å². The highest BCUT2D eigenvalue weighted by Crippen LogP contribution is 2.02. The number of carbonyl (C=O) groups excluding carboxylic acids is 1. The largest absolute Gasteiger partial charge is 0.465 e. The molecule has 0 aliphatic heterocycles. The molecule has 0 aromatic carbocycles. The number of rotatable bonds is 6. The Morgan fingerprint density at radius 2 is 2.21 bits per heavy atom. The molecule has 0 amide bonds. The van der Waals surface area contributed by atoms with E-state index in [1.165, 1.54) is 0 Å². The highest BCUT2D eigenvalue weighted by atomic mass is 16.5. The summed E-state index contributed by atoms with van der Waals surface area (Å²) in [6.45, 7) is 6.96.